The first-order valence-electron chi connectivity index (χ1n) is 5.08. The second-order valence-electron chi connectivity index (χ2n) is 3.25. The minimum Gasteiger partial charge on any atom is -0.373 e. The fourth-order valence-corrected chi connectivity index (χ4v) is 1.22. The van der Waals surface area contributed by atoms with Crippen LogP contribution in [0.4, 0.5) is 0 Å². The molecule has 1 aromatic rings. The SMILES string of the molecule is CCC(=O)Cc1nc(C(CC)OC)no1. The van der Waals surface area contributed by atoms with Gasteiger partial charge in [-0.1, -0.05) is 19.0 Å². The molecule has 0 fully saturated rings. The molecule has 5 nitrogen and oxygen atoms in total. The number of Topliss-reactive ketones (excluding diaryl/α,β-unsaturated/α-hetero) is 1. The molecular weight excluding hydrogens is 196 g/mol. The molecule has 0 aliphatic carbocycles. The van der Waals surface area contributed by atoms with Crippen molar-refractivity contribution in [1.82, 2.24) is 10.1 Å². The van der Waals surface area contributed by atoms with Crippen molar-refractivity contribution in [3.05, 3.63) is 11.7 Å². The van der Waals surface area contributed by atoms with E-state index >= 15 is 0 Å². The summed E-state index contributed by atoms with van der Waals surface area (Å²) in [5.74, 6) is 0.974. The van der Waals surface area contributed by atoms with Gasteiger partial charge < -0.3 is 9.26 Å². The van der Waals surface area contributed by atoms with E-state index in [4.69, 9.17) is 9.26 Å². The summed E-state index contributed by atoms with van der Waals surface area (Å²) in [5, 5.41) is 3.78. The molecule has 84 valence electrons. The number of ether oxygens (including phenoxy) is 1. The Labute approximate surface area is 88.8 Å². The molecule has 0 spiro atoms. The molecule has 1 unspecified atom stereocenters. The van der Waals surface area contributed by atoms with Crippen LogP contribution in [0.25, 0.3) is 0 Å². The Balaban J connectivity index is 2.67. The van der Waals surface area contributed by atoms with Gasteiger partial charge in [-0.25, -0.2) is 0 Å². The quantitative estimate of drug-likeness (QED) is 0.717. The molecule has 1 rings (SSSR count). The monoisotopic (exact) mass is 212 g/mol. The van der Waals surface area contributed by atoms with Crippen molar-refractivity contribution in [3.63, 3.8) is 0 Å². The van der Waals surface area contributed by atoms with Crippen LogP contribution < -0.4 is 0 Å². The Hall–Kier alpha value is -1.23. The normalized spacial score (nSPS) is 12.7. The Morgan fingerprint density at radius 2 is 2.27 bits per heavy atom. The smallest absolute Gasteiger partial charge is 0.234 e. The molecule has 0 aliphatic heterocycles. The van der Waals surface area contributed by atoms with Crippen molar-refractivity contribution in [2.24, 2.45) is 0 Å². The predicted octanol–water partition coefficient (Wildman–Crippen LogP) is 1.69. The maximum atomic E-state index is 11.1. The van der Waals surface area contributed by atoms with E-state index in [1.54, 1.807) is 7.11 Å². The van der Waals surface area contributed by atoms with Gasteiger partial charge in [-0.3, -0.25) is 4.79 Å². The van der Waals surface area contributed by atoms with Gasteiger partial charge in [-0.15, -0.1) is 0 Å². The van der Waals surface area contributed by atoms with Gasteiger partial charge in [0.1, 0.15) is 11.9 Å². The summed E-state index contributed by atoms with van der Waals surface area (Å²) in [7, 11) is 1.60. The molecule has 15 heavy (non-hydrogen) atoms. The lowest BCUT2D eigenvalue weighted by Crippen LogP contribution is -2.03. The van der Waals surface area contributed by atoms with E-state index in [1.807, 2.05) is 13.8 Å². The summed E-state index contributed by atoms with van der Waals surface area (Å²) in [6.07, 6.45) is 1.32. The zero-order valence-corrected chi connectivity index (χ0v) is 9.32. The van der Waals surface area contributed by atoms with Crippen LogP contribution in [-0.4, -0.2) is 23.0 Å². The van der Waals surface area contributed by atoms with Gasteiger partial charge in [-0.2, -0.15) is 4.98 Å². The molecule has 1 heterocycles. The highest BCUT2D eigenvalue weighted by atomic mass is 16.5. The summed E-state index contributed by atoms with van der Waals surface area (Å²) in [6, 6.07) is 0. The maximum absolute atomic E-state index is 11.1. The first-order chi connectivity index (χ1) is 7.21. The lowest BCUT2D eigenvalue weighted by molar-refractivity contribution is -0.118. The Kier molecular flexibility index (Phi) is 4.42. The summed E-state index contributed by atoms with van der Waals surface area (Å²) < 4.78 is 10.1. The number of nitrogens with zero attached hydrogens (tertiary/aromatic N) is 2. The second-order valence-corrected chi connectivity index (χ2v) is 3.25. The number of ketones is 1. The van der Waals surface area contributed by atoms with Crippen LogP contribution in [0.1, 0.15) is 44.5 Å². The molecule has 1 aromatic heterocycles. The number of hydrogen-bond acceptors (Lipinski definition) is 5. The predicted molar refractivity (Wildman–Crippen MR) is 53.3 cm³/mol. The maximum Gasteiger partial charge on any atom is 0.234 e. The highest BCUT2D eigenvalue weighted by Gasteiger charge is 2.16. The fourth-order valence-electron chi connectivity index (χ4n) is 1.22. The van der Waals surface area contributed by atoms with Gasteiger partial charge in [-0.05, 0) is 6.42 Å². The van der Waals surface area contributed by atoms with Crippen LogP contribution >= 0.6 is 0 Å². The Morgan fingerprint density at radius 1 is 1.53 bits per heavy atom. The number of aromatic nitrogens is 2. The third kappa shape index (κ3) is 3.13. The van der Waals surface area contributed by atoms with E-state index in [-0.39, 0.29) is 18.3 Å². The molecule has 1 atom stereocenters. The molecule has 0 N–H and O–H groups in total. The highest BCUT2D eigenvalue weighted by molar-refractivity contribution is 5.79. The van der Waals surface area contributed by atoms with Gasteiger partial charge in [0.05, 0.1) is 6.42 Å². The molecule has 0 saturated carbocycles. The van der Waals surface area contributed by atoms with E-state index in [9.17, 15) is 4.79 Å². The number of hydrogen-bond donors (Lipinski definition) is 0. The number of rotatable bonds is 6. The van der Waals surface area contributed by atoms with E-state index in [0.29, 0.717) is 18.1 Å². The van der Waals surface area contributed by atoms with Crippen molar-refractivity contribution in [1.29, 1.82) is 0 Å². The average molecular weight is 212 g/mol. The van der Waals surface area contributed by atoms with Crippen LogP contribution in [0.5, 0.6) is 0 Å². The van der Waals surface area contributed by atoms with E-state index in [0.717, 1.165) is 6.42 Å². The molecule has 0 aliphatic rings. The largest absolute Gasteiger partial charge is 0.373 e. The number of methoxy groups -OCH3 is 1. The van der Waals surface area contributed by atoms with Crippen molar-refractivity contribution in [3.8, 4) is 0 Å². The lowest BCUT2D eigenvalue weighted by atomic mass is 10.2. The first-order valence-corrected chi connectivity index (χ1v) is 5.08. The van der Waals surface area contributed by atoms with Crippen LogP contribution in [0, 0.1) is 0 Å². The van der Waals surface area contributed by atoms with Gasteiger partial charge in [0.2, 0.25) is 11.7 Å². The molecule has 0 amide bonds. The Bertz CT molecular complexity index is 318. The van der Waals surface area contributed by atoms with Gasteiger partial charge >= 0.3 is 0 Å². The van der Waals surface area contributed by atoms with Crippen molar-refractivity contribution >= 4 is 5.78 Å². The summed E-state index contributed by atoms with van der Waals surface area (Å²) in [6.45, 7) is 3.78. The zero-order valence-electron chi connectivity index (χ0n) is 9.32. The first kappa shape index (κ1) is 11.8. The number of carbonyl (C=O) groups excluding carboxylic acids is 1. The number of carbonyl (C=O) groups is 1. The van der Waals surface area contributed by atoms with Crippen molar-refractivity contribution in [2.75, 3.05) is 7.11 Å². The van der Waals surface area contributed by atoms with Crippen molar-refractivity contribution in [2.45, 2.75) is 39.2 Å². The van der Waals surface area contributed by atoms with Crippen LogP contribution in [0.15, 0.2) is 4.52 Å². The standard InChI is InChI=1S/C10H16N2O3/c1-4-7(13)6-9-11-10(12-15-9)8(5-2)14-3/h8H,4-6H2,1-3H3. The molecular formula is C10H16N2O3. The summed E-state index contributed by atoms with van der Waals surface area (Å²) in [5.41, 5.74) is 0. The Morgan fingerprint density at radius 3 is 2.80 bits per heavy atom. The summed E-state index contributed by atoms with van der Waals surface area (Å²) in [4.78, 5) is 15.3. The van der Waals surface area contributed by atoms with Crippen LogP contribution in [0.2, 0.25) is 0 Å². The molecule has 0 aromatic carbocycles. The zero-order chi connectivity index (χ0) is 11.3. The highest BCUT2D eigenvalue weighted by Crippen LogP contribution is 2.16. The lowest BCUT2D eigenvalue weighted by Gasteiger charge is -2.05. The van der Waals surface area contributed by atoms with E-state index < -0.39 is 0 Å². The third-order valence-electron chi connectivity index (χ3n) is 2.17. The minimum absolute atomic E-state index is 0.0932. The molecule has 0 bridgehead atoms. The fraction of sp³-hybridized carbons (Fsp3) is 0.700. The third-order valence-corrected chi connectivity index (χ3v) is 2.17. The van der Waals surface area contributed by atoms with Crippen LogP contribution in [0.3, 0.4) is 0 Å². The van der Waals surface area contributed by atoms with E-state index in [2.05, 4.69) is 10.1 Å². The van der Waals surface area contributed by atoms with Gasteiger partial charge in [0, 0.05) is 13.5 Å². The van der Waals surface area contributed by atoms with Gasteiger partial charge in [0.15, 0.2) is 0 Å². The topological polar surface area (TPSA) is 65.2 Å². The second kappa shape index (κ2) is 5.60. The minimum atomic E-state index is -0.153. The summed E-state index contributed by atoms with van der Waals surface area (Å²) >= 11 is 0. The molecule has 0 radical (unpaired) electrons. The molecule has 0 saturated heterocycles. The van der Waals surface area contributed by atoms with Gasteiger partial charge in [0.25, 0.3) is 0 Å². The van der Waals surface area contributed by atoms with Crippen molar-refractivity contribution < 1.29 is 14.1 Å². The van der Waals surface area contributed by atoms with Crippen LogP contribution in [-0.2, 0) is 16.0 Å². The molecule has 5 heteroatoms. The average Bonchev–Trinajstić information content (AvgIpc) is 2.68. The van der Waals surface area contributed by atoms with E-state index in [1.165, 1.54) is 0 Å².